The van der Waals surface area contributed by atoms with Crippen molar-refractivity contribution in [2.75, 3.05) is 0 Å². The summed E-state index contributed by atoms with van der Waals surface area (Å²) in [6, 6.07) is 0. The van der Waals surface area contributed by atoms with E-state index in [2.05, 4.69) is 5.10 Å². The van der Waals surface area contributed by atoms with Gasteiger partial charge in [-0.2, -0.15) is 5.10 Å². The summed E-state index contributed by atoms with van der Waals surface area (Å²) in [4.78, 5) is 0. The Balaban J connectivity index is 1.77. The molecule has 1 heterocycles. The molecule has 1 fully saturated rings. The zero-order valence-corrected chi connectivity index (χ0v) is 10.8. The van der Waals surface area contributed by atoms with Gasteiger partial charge in [0.15, 0.2) is 0 Å². The lowest BCUT2D eigenvalue weighted by Crippen LogP contribution is -2.15. The van der Waals surface area contributed by atoms with Crippen LogP contribution in [0.1, 0.15) is 50.5 Å². The van der Waals surface area contributed by atoms with E-state index >= 15 is 0 Å². The molecule has 0 aliphatic heterocycles. The summed E-state index contributed by atoms with van der Waals surface area (Å²) in [7, 11) is 1.92. The first-order valence-electron chi connectivity index (χ1n) is 6.89. The predicted molar refractivity (Wildman–Crippen MR) is 68.7 cm³/mol. The van der Waals surface area contributed by atoms with Crippen molar-refractivity contribution in [2.24, 2.45) is 13.0 Å². The van der Waals surface area contributed by atoms with Crippen LogP contribution in [0.4, 0.5) is 0 Å². The largest absolute Gasteiger partial charge is 0.393 e. The van der Waals surface area contributed by atoms with Crippen LogP contribution in [0.5, 0.6) is 0 Å². The quantitative estimate of drug-likeness (QED) is 0.816. The van der Waals surface area contributed by atoms with Gasteiger partial charge < -0.3 is 5.11 Å². The maximum Gasteiger partial charge on any atom is 0.0584 e. The smallest absolute Gasteiger partial charge is 0.0584 e. The van der Waals surface area contributed by atoms with Crippen molar-refractivity contribution in [2.45, 2.75) is 57.5 Å². The minimum atomic E-state index is -0.192. The van der Waals surface area contributed by atoms with Crippen LogP contribution in [0.3, 0.4) is 0 Å². The maximum atomic E-state index is 10.1. The third kappa shape index (κ3) is 4.15. The van der Waals surface area contributed by atoms with Crippen molar-refractivity contribution in [3.8, 4) is 0 Å². The monoisotopic (exact) mass is 236 g/mol. The summed E-state index contributed by atoms with van der Waals surface area (Å²) in [5.41, 5.74) is 1.15. The molecule has 1 aliphatic carbocycles. The van der Waals surface area contributed by atoms with Crippen LogP contribution in [0.25, 0.3) is 0 Å². The van der Waals surface area contributed by atoms with E-state index < -0.39 is 0 Å². The maximum absolute atomic E-state index is 10.1. The van der Waals surface area contributed by atoms with Gasteiger partial charge in [0.25, 0.3) is 0 Å². The Kier molecular flexibility index (Phi) is 4.60. The number of nitrogens with zero attached hydrogens (tertiary/aromatic N) is 2. The van der Waals surface area contributed by atoms with Crippen molar-refractivity contribution in [3.63, 3.8) is 0 Å². The summed E-state index contributed by atoms with van der Waals surface area (Å²) in [5.74, 6) is 0.740. The van der Waals surface area contributed by atoms with Gasteiger partial charge in [-0.15, -0.1) is 0 Å². The Morgan fingerprint density at radius 3 is 2.65 bits per heavy atom. The fourth-order valence-corrected chi connectivity index (χ4v) is 2.92. The molecule has 17 heavy (non-hydrogen) atoms. The molecule has 1 unspecified atom stereocenters. The SMILES string of the molecule is Cn1cc(CC(O)CC2CCCCCC2)cn1. The predicted octanol–water partition coefficient (Wildman–Crippen LogP) is 2.68. The Morgan fingerprint density at radius 2 is 2.06 bits per heavy atom. The van der Waals surface area contributed by atoms with Gasteiger partial charge in [-0.25, -0.2) is 0 Å². The molecule has 0 spiro atoms. The minimum Gasteiger partial charge on any atom is -0.393 e. The molecule has 3 nitrogen and oxygen atoms in total. The molecule has 3 heteroatoms. The molecular formula is C14H24N2O. The Morgan fingerprint density at radius 1 is 1.35 bits per heavy atom. The van der Waals surface area contributed by atoms with Crippen LogP contribution in [-0.4, -0.2) is 21.0 Å². The van der Waals surface area contributed by atoms with E-state index in [1.165, 1.54) is 38.5 Å². The van der Waals surface area contributed by atoms with E-state index in [9.17, 15) is 5.11 Å². The third-order valence-corrected chi connectivity index (χ3v) is 3.81. The van der Waals surface area contributed by atoms with Gasteiger partial charge in [-0.05, 0) is 17.9 Å². The van der Waals surface area contributed by atoms with Gasteiger partial charge in [0.05, 0.1) is 12.3 Å². The van der Waals surface area contributed by atoms with Gasteiger partial charge >= 0.3 is 0 Å². The number of aryl methyl sites for hydroxylation is 1. The average molecular weight is 236 g/mol. The van der Waals surface area contributed by atoms with Gasteiger partial charge in [0, 0.05) is 19.7 Å². The molecule has 0 aromatic carbocycles. The number of aliphatic hydroxyl groups is 1. The molecule has 0 amide bonds. The second kappa shape index (κ2) is 6.20. The molecule has 1 aromatic rings. The number of hydrogen-bond acceptors (Lipinski definition) is 2. The second-order valence-electron chi connectivity index (χ2n) is 5.47. The van der Waals surface area contributed by atoms with E-state index in [0.29, 0.717) is 0 Å². The van der Waals surface area contributed by atoms with E-state index in [-0.39, 0.29) is 6.10 Å². The van der Waals surface area contributed by atoms with Crippen molar-refractivity contribution in [3.05, 3.63) is 18.0 Å². The standard InChI is InChI=1S/C14H24N2O/c1-16-11-13(10-15-16)9-14(17)8-12-6-4-2-3-5-7-12/h10-12,14,17H,2-9H2,1H3. The molecular weight excluding hydrogens is 212 g/mol. The van der Waals surface area contributed by atoms with Crippen LogP contribution < -0.4 is 0 Å². The van der Waals surface area contributed by atoms with Gasteiger partial charge in [-0.3, -0.25) is 4.68 Å². The van der Waals surface area contributed by atoms with Crippen LogP contribution in [0.2, 0.25) is 0 Å². The fourth-order valence-electron chi connectivity index (χ4n) is 2.92. The molecule has 1 aliphatic rings. The lowest BCUT2D eigenvalue weighted by molar-refractivity contribution is 0.137. The number of rotatable bonds is 4. The van der Waals surface area contributed by atoms with Crippen molar-refractivity contribution >= 4 is 0 Å². The highest BCUT2D eigenvalue weighted by Crippen LogP contribution is 2.27. The van der Waals surface area contributed by atoms with Gasteiger partial charge in [-0.1, -0.05) is 38.5 Å². The second-order valence-corrected chi connectivity index (χ2v) is 5.47. The Hall–Kier alpha value is -0.830. The Labute approximate surface area is 104 Å². The lowest BCUT2D eigenvalue weighted by Gasteiger charge is -2.17. The molecule has 1 N–H and O–H groups in total. The lowest BCUT2D eigenvalue weighted by atomic mass is 9.92. The molecule has 96 valence electrons. The minimum absolute atomic E-state index is 0.192. The van der Waals surface area contributed by atoms with Crippen molar-refractivity contribution in [1.82, 2.24) is 9.78 Å². The molecule has 0 bridgehead atoms. The van der Waals surface area contributed by atoms with Gasteiger partial charge in [0.2, 0.25) is 0 Å². The molecule has 0 saturated heterocycles. The molecule has 0 radical (unpaired) electrons. The van der Waals surface area contributed by atoms with Crippen LogP contribution in [0, 0.1) is 5.92 Å². The fraction of sp³-hybridized carbons (Fsp3) is 0.786. The zero-order valence-electron chi connectivity index (χ0n) is 10.8. The first-order chi connectivity index (χ1) is 8.24. The molecule has 1 aromatic heterocycles. The third-order valence-electron chi connectivity index (χ3n) is 3.81. The molecule has 1 saturated carbocycles. The van der Waals surface area contributed by atoms with E-state index in [4.69, 9.17) is 0 Å². The number of aliphatic hydroxyl groups excluding tert-OH is 1. The summed E-state index contributed by atoms with van der Waals surface area (Å²) in [5, 5.41) is 14.3. The van der Waals surface area contributed by atoms with Crippen LogP contribution in [-0.2, 0) is 13.5 Å². The topological polar surface area (TPSA) is 38.0 Å². The summed E-state index contributed by atoms with van der Waals surface area (Å²) < 4.78 is 1.80. The van der Waals surface area contributed by atoms with Gasteiger partial charge in [0.1, 0.15) is 0 Å². The zero-order chi connectivity index (χ0) is 12.1. The van der Waals surface area contributed by atoms with Crippen molar-refractivity contribution < 1.29 is 5.11 Å². The number of aromatic nitrogens is 2. The first kappa shape index (κ1) is 12.6. The van der Waals surface area contributed by atoms with E-state index in [1.807, 2.05) is 19.4 Å². The molecule has 1 atom stereocenters. The summed E-state index contributed by atoms with van der Waals surface area (Å²) >= 11 is 0. The van der Waals surface area contributed by atoms with E-state index in [1.54, 1.807) is 4.68 Å². The normalized spacial score (nSPS) is 20.1. The van der Waals surface area contributed by atoms with Crippen LogP contribution >= 0.6 is 0 Å². The first-order valence-corrected chi connectivity index (χ1v) is 6.89. The number of hydrogen-bond donors (Lipinski definition) is 1. The average Bonchev–Trinajstić information content (AvgIpc) is 2.53. The van der Waals surface area contributed by atoms with Crippen molar-refractivity contribution in [1.29, 1.82) is 0 Å². The highest BCUT2D eigenvalue weighted by atomic mass is 16.3. The summed E-state index contributed by atoms with van der Waals surface area (Å²) in [6.07, 6.45) is 13.5. The van der Waals surface area contributed by atoms with E-state index in [0.717, 1.165) is 24.3 Å². The Bertz CT molecular complexity index is 327. The highest BCUT2D eigenvalue weighted by Gasteiger charge is 2.17. The molecule has 2 rings (SSSR count). The van der Waals surface area contributed by atoms with Crippen LogP contribution in [0.15, 0.2) is 12.4 Å². The summed E-state index contributed by atoms with van der Waals surface area (Å²) in [6.45, 7) is 0. The highest BCUT2D eigenvalue weighted by molar-refractivity contribution is 5.05.